The molecule has 0 spiro atoms. The first-order chi connectivity index (χ1) is 9.75. The molecule has 0 radical (unpaired) electrons. The normalized spacial score (nSPS) is 20.1. The minimum Gasteiger partial charge on any atom is -0.312 e. The zero-order valence-electron chi connectivity index (χ0n) is 12.0. The van der Waals surface area contributed by atoms with Crippen LogP contribution in [0.3, 0.4) is 0 Å². The fourth-order valence-electron chi connectivity index (χ4n) is 2.81. The number of piperidine rings is 1. The van der Waals surface area contributed by atoms with E-state index in [0.29, 0.717) is 6.42 Å². The Morgan fingerprint density at radius 2 is 1.75 bits per heavy atom. The molecule has 1 aromatic carbocycles. The molecule has 1 saturated heterocycles. The molecule has 0 atom stereocenters. The van der Waals surface area contributed by atoms with Crippen molar-refractivity contribution in [1.29, 1.82) is 0 Å². The van der Waals surface area contributed by atoms with Crippen molar-refractivity contribution in [3.05, 3.63) is 29.8 Å². The lowest BCUT2D eigenvalue weighted by molar-refractivity contribution is -0.129. The average Bonchev–Trinajstić information content (AvgIpc) is 2.49. The highest BCUT2D eigenvalue weighted by Crippen LogP contribution is 2.22. The SMILES string of the molecule is Cc1ccc(N2CCCN=C2N2CCCCC2=O)cc1. The molecule has 1 amide bonds. The smallest absolute Gasteiger partial charge is 0.229 e. The van der Waals surface area contributed by atoms with Crippen molar-refractivity contribution in [2.24, 2.45) is 4.99 Å². The quantitative estimate of drug-likeness (QED) is 0.787. The summed E-state index contributed by atoms with van der Waals surface area (Å²) < 4.78 is 0. The predicted molar refractivity (Wildman–Crippen MR) is 81.0 cm³/mol. The molecule has 4 heteroatoms. The zero-order valence-corrected chi connectivity index (χ0v) is 12.0. The first-order valence-electron chi connectivity index (χ1n) is 7.45. The van der Waals surface area contributed by atoms with Crippen LogP contribution in [0.1, 0.15) is 31.2 Å². The van der Waals surface area contributed by atoms with E-state index in [4.69, 9.17) is 0 Å². The van der Waals surface area contributed by atoms with Gasteiger partial charge in [0.2, 0.25) is 11.9 Å². The molecule has 106 valence electrons. The van der Waals surface area contributed by atoms with E-state index in [9.17, 15) is 4.79 Å². The van der Waals surface area contributed by atoms with Gasteiger partial charge in [-0.25, -0.2) is 0 Å². The van der Waals surface area contributed by atoms with Gasteiger partial charge in [-0.3, -0.25) is 14.7 Å². The number of hydrogen-bond donors (Lipinski definition) is 0. The van der Waals surface area contributed by atoms with E-state index < -0.39 is 0 Å². The van der Waals surface area contributed by atoms with Gasteiger partial charge in [0.1, 0.15) is 0 Å². The Kier molecular flexibility index (Phi) is 3.72. The Balaban J connectivity index is 1.88. The Labute approximate surface area is 120 Å². The number of amides is 1. The second-order valence-corrected chi connectivity index (χ2v) is 5.52. The predicted octanol–water partition coefficient (Wildman–Crippen LogP) is 2.57. The molecule has 4 nitrogen and oxygen atoms in total. The third-order valence-electron chi connectivity index (χ3n) is 3.94. The highest BCUT2D eigenvalue weighted by atomic mass is 16.2. The number of likely N-dealkylation sites (tertiary alicyclic amines) is 1. The standard InChI is InChI=1S/C16H21N3O/c1-13-6-8-14(9-7-13)18-12-4-10-17-16(18)19-11-3-2-5-15(19)20/h6-9H,2-5,10-12H2,1H3. The van der Waals surface area contributed by atoms with Crippen LogP contribution in [-0.4, -0.2) is 36.4 Å². The van der Waals surface area contributed by atoms with Crippen molar-refractivity contribution in [3.8, 4) is 0 Å². The van der Waals surface area contributed by atoms with Gasteiger partial charge in [-0.05, 0) is 38.3 Å². The third-order valence-corrected chi connectivity index (χ3v) is 3.94. The lowest BCUT2D eigenvalue weighted by Crippen LogP contribution is -2.51. The molecule has 3 rings (SSSR count). The molecule has 2 aliphatic rings. The molecule has 0 N–H and O–H groups in total. The van der Waals surface area contributed by atoms with Crippen molar-refractivity contribution >= 4 is 17.6 Å². The van der Waals surface area contributed by atoms with E-state index in [0.717, 1.165) is 50.5 Å². The molecule has 2 heterocycles. The number of carbonyl (C=O) groups is 1. The molecular formula is C16H21N3O. The lowest BCUT2D eigenvalue weighted by atomic mass is 10.1. The van der Waals surface area contributed by atoms with Crippen LogP contribution in [0.2, 0.25) is 0 Å². The molecule has 0 unspecified atom stereocenters. The number of carbonyl (C=O) groups excluding carboxylic acids is 1. The molecule has 1 aromatic rings. The van der Waals surface area contributed by atoms with E-state index in [2.05, 4.69) is 41.1 Å². The number of benzene rings is 1. The Morgan fingerprint density at radius 3 is 2.50 bits per heavy atom. The number of anilines is 1. The monoisotopic (exact) mass is 271 g/mol. The van der Waals surface area contributed by atoms with Crippen molar-refractivity contribution in [1.82, 2.24) is 4.90 Å². The van der Waals surface area contributed by atoms with E-state index >= 15 is 0 Å². The Morgan fingerprint density at radius 1 is 1.00 bits per heavy atom. The highest BCUT2D eigenvalue weighted by molar-refractivity contribution is 6.06. The van der Waals surface area contributed by atoms with Crippen molar-refractivity contribution in [2.45, 2.75) is 32.6 Å². The number of hydrogen-bond acceptors (Lipinski definition) is 3. The summed E-state index contributed by atoms with van der Waals surface area (Å²) in [7, 11) is 0. The zero-order chi connectivity index (χ0) is 13.9. The largest absolute Gasteiger partial charge is 0.312 e. The van der Waals surface area contributed by atoms with Crippen molar-refractivity contribution in [2.75, 3.05) is 24.5 Å². The van der Waals surface area contributed by atoms with Gasteiger partial charge in [-0.15, -0.1) is 0 Å². The van der Waals surface area contributed by atoms with Gasteiger partial charge >= 0.3 is 0 Å². The van der Waals surface area contributed by atoms with Crippen LogP contribution in [0, 0.1) is 6.92 Å². The maximum absolute atomic E-state index is 12.1. The summed E-state index contributed by atoms with van der Waals surface area (Å²) in [4.78, 5) is 20.8. The number of nitrogens with zero attached hydrogens (tertiary/aromatic N) is 3. The minimum absolute atomic E-state index is 0.217. The van der Waals surface area contributed by atoms with Crippen molar-refractivity contribution in [3.63, 3.8) is 0 Å². The average molecular weight is 271 g/mol. The first-order valence-corrected chi connectivity index (χ1v) is 7.45. The van der Waals surface area contributed by atoms with Crippen molar-refractivity contribution < 1.29 is 4.79 Å². The summed E-state index contributed by atoms with van der Waals surface area (Å²) in [5.41, 5.74) is 2.38. The van der Waals surface area contributed by atoms with Gasteiger partial charge in [0.25, 0.3) is 0 Å². The molecule has 1 fully saturated rings. The van der Waals surface area contributed by atoms with Crippen LogP contribution in [0.15, 0.2) is 29.3 Å². The minimum atomic E-state index is 0.217. The maximum atomic E-state index is 12.1. The summed E-state index contributed by atoms with van der Waals surface area (Å²) in [5.74, 6) is 1.07. The Hall–Kier alpha value is -1.84. The summed E-state index contributed by atoms with van der Waals surface area (Å²) in [6.07, 6.45) is 3.78. The Bertz CT molecular complexity index is 521. The number of guanidine groups is 1. The first kappa shape index (κ1) is 13.2. The number of aryl methyl sites for hydroxylation is 1. The van der Waals surface area contributed by atoms with Gasteiger partial charge in [-0.2, -0.15) is 0 Å². The fraction of sp³-hybridized carbons (Fsp3) is 0.500. The van der Waals surface area contributed by atoms with Gasteiger partial charge in [-0.1, -0.05) is 17.7 Å². The van der Waals surface area contributed by atoms with Gasteiger partial charge < -0.3 is 4.90 Å². The second-order valence-electron chi connectivity index (χ2n) is 5.52. The fourth-order valence-corrected chi connectivity index (χ4v) is 2.81. The van der Waals surface area contributed by atoms with Crippen LogP contribution in [0.5, 0.6) is 0 Å². The molecule has 0 saturated carbocycles. The van der Waals surface area contributed by atoms with Crippen LogP contribution < -0.4 is 4.90 Å². The summed E-state index contributed by atoms with van der Waals surface area (Å²) in [6, 6.07) is 8.45. The molecular weight excluding hydrogens is 250 g/mol. The lowest BCUT2D eigenvalue weighted by Gasteiger charge is -2.37. The van der Waals surface area contributed by atoms with Crippen LogP contribution in [0.25, 0.3) is 0 Å². The highest BCUT2D eigenvalue weighted by Gasteiger charge is 2.28. The molecule has 0 bridgehead atoms. The maximum Gasteiger partial charge on any atom is 0.229 e. The van der Waals surface area contributed by atoms with Gasteiger partial charge in [0, 0.05) is 31.7 Å². The topological polar surface area (TPSA) is 35.9 Å². The van der Waals surface area contributed by atoms with Crippen LogP contribution in [-0.2, 0) is 4.79 Å². The summed E-state index contributed by atoms with van der Waals surface area (Å²) >= 11 is 0. The van der Waals surface area contributed by atoms with E-state index in [1.165, 1.54) is 5.56 Å². The molecule has 2 aliphatic heterocycles. The number of aliphatic imine (C=N–C) groups is 1. The van der Waals surface area contributed by atoms with Gasteiger partial charge in [0.05, 0.1) is 0 Å². The van der Waals surface area contributed by atoms with E-state index in [1.54, 1.807) is 0 Å². The number of rotatable bonds is 1. The summed E-state index contributed by atoms with van der Waals surface area (Å²) in [5, 5.41) is 0. The molecule has 20 heavy (non-hydrogen) atoms. The van der Waals surface area contributed by atoms with Crippen LogP contribution >= 0.6 is 0 Å². The van der Waals surface area contributed by atoms with Crippen LogP contribution in [0.4, 0.5) is 5.69 Å². The third kappa shape index (κ3) is 2.55. The molecule has 0 aromatic heterocycles. The van der Waals surface area contributed by atoms with E-state index in [-0.39, 0.29) is 5.91 Å². The van der Waals surface area contributed by atoms with E-state index in [1.807, 2.05) is 4.90 Å². The molecule has 0 aliphatic carbocycles. The summed E-state index contributed by atoms with van der Waals surface area (Å²) in [6.45, 7) is 4.65. The second kappa shape index (κ2) is 5.65. The van der Waals surface area contributed by atoms with Gasteiger partial charge in [0.15, 0.2) is 0 Å².